The summed E-state index contributed by atoms with van der Waals surface area (Å²) in [5.41, 5.74) is -1.26. The zero-order chi connectivity index (χ0) is 19.1. The summed E-state index contributed by atoms with van der Waals surface area (Å²) in [6.45, 7) is 0. The maximum Gasteiger partial charge on any atom is 0.417 e. The van der Waals surface area contributed by atoms with Crippen LogP contribution in [0.15, 0.2) is 53.7 Å². The van der Waals surface area contributed by atoms with E-state index in [1.807, 2.05) is 0 Å². The molecule has 0 aliphatic rings. The Morgan fingerprint density at radius 2 is 1.69 bits per heavy atom. The topological polar surface area (TPSA) is 64.8 Å². The number of benzene rings is 1. The minimum atomic E-state index is -4.62. The monoisotopic (exact) mass is 421 g/mol. The number of hydrogen-bond acceptors (Lipinski definition) is 4. The average Bonchev–Trinajstić information content (AvgIpc) is 3.04. The summed E-state index contributed by atoms with van der Waals surface area (Å²) in [7, 11) is -4.12. The highest BCUT2D eigenvalue weighted by atomic mass is 35.5. The fraction of sp³-hybridized carbons (Fsp3) is 0.0667. The standard InChI is InChI=1S/C15H8Cl2F3N3O2S/c16-10-1-3-11(4-2-10)26(24,25)23-13(5-6-22-23)14-12(17)7-9(8-21-14)15(18,19)20/h1-8H. The highest BCUT2D eigenvalue weighted by Gasteiger charge is 2.32. The summed E-state index contributed by atoms with van der Waals surface area (Å²) in [4.78, 5) is 3.57. The normalized spacial score (nSPS) is 12.3. The Morgan fingerprint density at radius 1 is 1.04 bits per heavy atom. The van der Waals surface area contributed by atoms with E-state index in [0.717, 1.165) is 0 Å². The largest absolute Gasteiger partial charge is 0.417 e. The predicted octanol–water partition coefficient (Wildman–Crippen LogP) is 4.51. The molecule has 136 valence electrons. The fourth-order valence-corrected chi connectivity index (χ4v) is 3.79. The van der Waals surface area contributed by atoms with Crippen LogP contribution >= 0.6 is 23.2 Å². The Kier molecular flexibility index (Phi) is 4.72. The third-order valence-corrected chi connectivity index (χ3v) is 5.51. The second kappa shape index (κ2) is 6.57. The van der Waals surface area contributed by atoms with Gasteiger partial charge in [-0.3, -0.25) is 4.98 Å². The molecular formula is C15H8Cl2F3N3O2S. The molecule has 0 radical (unpaired) electrons. The Hall–Kier alpha value is -2.10. The summed E-state index contributed by atoms with van der Waals surface area (Å²) >= 11 is 11.6. The molecule has 2 aromatic heterocycles. The third kappa shape index (κ3) is 3.42. The zero-order valence-electron chi connectivity index (χ0n) is 12.6. The number of nitrogens with zero attached hydrogens (tertiary/aromatic N) is 3. The van der Waals surface area contributed by atoms with Crippen molar-refractivity contribution in [3.05, 3.63) is 64.4 Å². The van der Waals surface area contributed by atoms with Crippen molar-refractivity contribution in [1.82, 2.24) is 14.2 Å². The lowest BCUT2D eigenvalue weighted by Gasteiger charge is -2.11. The minimum Gasteiger partial charge on any atom is -0.252 e. The molecule has 26 heavy (non-hydrogen) atoms. The molecule has 0 spiro atoms. The lowest BCUT2D eigenvalue weighted by Crippen LogP contribution is -2.16. The summed E-state index contributed by atoms with van der Waals surface area (Å²) in [5.74, 6) is 0. The summed E-state index contributed by atoms with van der Waals surface area (Å²) in [6, 6.07) is 7.31. The molecule has 1 aromatic carbocycles. The maximum absolute atomic E-state index is 12.7. The lowest BCUT2D eigenvalue weighted by molar-refractivity contribution is -0.137. The molecular weight excluding hydrogens is 414 g/mol. The number of pyridine rings is 1. The van der Waals surface area contributed by atoms with Crippen molar-refractivity contribution < 1.29 is 21.6 Å². The smallest absolute Gasteiger partial charge is 0.252 e. The molecule has 0 fully saturated rings. The van der Waals surface area contributed by atoms with Crippen molar-refractivity contribution >= 4 is 33.2 Å². The summed E-state index contributed by atoms with van der Waals surface area (Å²) in [5, 5.41) is 3.74. The maximum atomic E-state index is 12.7. The van der Waals surface area contributed by atoms with Crippen molar-refractivity contribution in [3.63, 3.8) is 0 Å². The van der Waals surface area contributed by atoms with Gasteiger partial charge in [-0.1, -0.05) is 23.2 Å². The first-order valence-electron chi connectivity index (χ1n) is 6.89. The van der Waals surface area contributed by atoms with Gasteiger partial charge in [0.2, 0.25) is 0 Å². The molecule has 0 aliphatic heterocycles. The van der Waals surface area contributed by atoms with E-state index in [2.05, 4.69) is 10.1 Å². The first-order valence-corrected chi connectivity index (χ1v) is 9.08. The van der Waals surface area contributed by atoms with Crippen LogP contribution in [0.3, 0.4) is 0 Å². The number of halogens is 5. The van der Waals surface area contributed by atoms with Gasteiger partial charge in [-0.25, -0.2) is 0 Å². The van der Waals surface area contributed by atoms with Gasteiger partial charge in [0.25, 0.3) is 10.0 Å². The number of rotatable bonds is 3. The highest BCUT2D eigenvalue weighted by molar-refractivity contribution is 7.90. The SMILES string of the molecule is O=S(=O)(c1ccc(Cl)cc1)n1nccc1-c1ncc(C(F)(F)F)cc1Cl. The van der Waals surface area contributed by atoms with E-state index >= 15 is 0 Å². The Labute approximate surface area is 156 Å². The minimum absolute atomic E-state index is 0.0707. The lowest BCUT2D eigenvalue weighted by atomic mass is 10.2. The molecule has 0 bridgehead atoms. The number of hydrogen-bond donors (Lipinski definition) is 0. The molecule has 0 amide bonds. The third-order valence-electron chi connectivity index (χ3n) is 3.36. The Bertz CT molecular complexity index is 1060. The van der Waals surface area contributed by atoms with Crippen molar-refractivity contribution in [2.24, 2.45) is 0 Å². The molecule has 0 unspecified atom stereocenters. The molecule has 3 aromatic rings. The summed E-state index contributed by atoms with van der Waals surface area (Å²) in [6.07, 6.45) is -2.86. The molecule has 3 rings (SSSR count). The number of aromatic nitrogens is 3. The second-order valence-electron chi connectivity index (χ2n) is 5.07. The molecule has 0 aliphatic carbocycles. The van der Waals surface area contributed by atoms with E-state index in [4.69, 9.17) is 23.2 Å². The van der Waals surface area contributed by atoms with Gasteiger partial charge < -0.3 is 0 Å². The first-order chi connectivity index (χ1) is 12.1. The second-order valence-corrected chi connectivity index (χ2v) is 7.68. The molecule has 11 heteroatoms. The van der Waals surface area contributed by atoms with E-state index in [1.54, 1.807) is 0 Å². The van der Waals surface area contributed by atoms with Crippen LogP contribution in [0.5, 0.6) is 0 Å². The molecule has 0 atom stereocenters. The van der Waals surface area contributed by atoms with Gasteiger partial charge in [-0.05, 0) is 36.4 Å². The zero-order valence-corrected chi connectivity index (χ0v) is 14.9. The summed E-state index contributed by atoms with van der Waals surface area (Å²) < 4.78 is 64.4. The van der Waals surface area contributed by atoms with Gasteiger partial charge in [-0.2, -0.15) is 30.8 Å². The number of alkyl halides is 3. The average molecular weight is 422 g/mol. The van der Waals surface area contributed by atoms with Crippen LogP contribution in [0.2, 0.25) is 10.0 Å². The molecule has 0 N–H and O–H groups in total. The quantitative estimate of drug-likeness (QED) is 0.623. The predicted molar refractivity (Wildman–Crippen MR) is 89.5 cm³/mol. The molecule has 0 saturated carbocycles. The molecule has 0 saturated heterocycles. The van der Waals surface area contributed by atoms with Crippen molar-refractivity contribution in [2.45, 2.75) is 11.1 Å². The van der Waals surface area contributed by atoms with Crippen molar-refractivity contribution in [1.29, 1.82) is 0 Å². The van der Waals surface area contributed by atoms with Gasteiger partial charge in [0, 0.05) is 11.2 Å². The van der Waals surface area contributed by atoms with Crippen molar-refractivity contribution in [2.75, 3.05) is 0 Å². The van der Waals surface area contributed by atoms with Crippen LogP contribution in [0.1, 0.15) is 5.56 Å². The molecule has 5 nitrogen and oxygen atoms in total. The van der Waals surface area contributed by atoms with Crippen LogP contribution in [-0.2, 0) is 16.2 Å². The highest BCUT2D eigenvalue weighted by Crippen LogP contribution is 2.34. The fourth-order valence-electron chi connectivity index (χ4n) is 2.14. The first kappa shape index (κ1) is 18.7. The van der Waals surface area contributed by atoms with E-state index < -0.39 is 21.8 Å². The Morgan fingerprint density at radius 3 is 2.27 bits per heavy atom. The van der Waals surface area contributed by atoms with Gasteiger partial charge in [0.05, 0.1) is 21.7 Å². The van der Waals surface area contributed by atoms with Crippen LogP contribution in [0.4, 0.5) is 13.2 Å². The van der Waals surface area contributed by atoms with Gasteiger partial charge in [-0.15, -0.1) is 0 Å². The van der Waals surface area contributed by atoms with Gasteiger partial charge in [0.15, 0.2) is 0 Å². The molecule has 2 heterocycles. The van der Waals surface area contributed by atoms with E-state index in [1.165, 1.54) is 36.5 Å². The van der Waals surface area contributed by atoms with Gasteiger partial charge >= 0.3 is 6.18 Å². The van der Waals surface area contributed by atoms with E-state index in [0.29, 0.717) is 21.4 Å². The Balaban J connectivity index is 2.11. The van der Waals surface area contributed by atoms with Crippen LogP contribution in [0.25, 0.3) is 11.4 Å². The van der Waals surface area contributed by atoms with Crippen LogP contribution in [-0.4, -0.2) is 22.6 Å². The van der Waals surface area contributed by atoms with Gasteiger partial charge in [0.1, 0.15) is 11.4 Å². The van der Waals surface area contributed by atoms with E-state index in [9.17, 15) is 21.6 Å². The van der Waals surface area contributed by atoms with Crippen LogP contribution < -0.4 is 0 Å². The van der Waals surface area contributed by atoms with Crippen molar-refractivity contribution in [3.8, 4) is 11.4 Å². The van der Waals surface area contributed by atoms with E-state index in [-0.39, 0.29) is 21.3 Å². The van der Waals surface area contributed by atoms with Crippen LogP contribution in [0, 0.1) is 0 Å².